The Kier molecular flexibility index (Phi) is 9.04. The Morgan fingerprint density at radius 3 is 2.31 bits per heavy atom. The van der Waals surface area contributed by atoms with Gasteiger partial charge in [0.05, 0.1) is 28.6 Å². The molecule has 4 rings (SSSR count). The topological polar surface area (TPSA) is 111 Å². The molecule has 1 aliphatic carbocycles. The van der Waals surface area contributed by atoms with E-state index in [-0.39, 0.29) is 23.4 Å². The Morgan fingerprint density at radius 1 is 1.05 bits per heavy atom. The predicted octanol–water partition coefficient (Wildman–Crippen LogP) is 5.11. The Labute approximate surface area is 232 Å². The smallest absolute Gasteiger partial charge is 0.336 e. The van der Waals surface area contributed by atoms with Crippen LogP contribution < -0.4 is 5.32 Å². The van der Waals surface area contributed by atoms with Gasteiger partial charge in [0.15, 0.2) is 0 Å². The molecule has 0 amide bonds. The van der Waals surface area contributed by atoms with Crippen molar-refractivity contribution < 1.29 is 24.0 Å². The Morgan fingerprint density at radius 2 is 1.69 bits per heavy atom. The molecule has 0 aromatic heterocycles. The molecule has 206 valence electrons. The largest absolute Gasteiger partial charge is 0.462 e. The fourth-order valence-corrected chi connectivity index (χ4v) is 4.72. The third-order valence-electron chi connectivity index (χ3n) is 6.83. The van der Waals surface area contributed by atoms with E-state index in [0.29, 0.717) is 47.6 Å². The number of likely N-dealkylation sites (N-methyl/N-ethyl adjacent to an activating group) is 1. The number of allylic oxidation sites excluding steroid dienone is 2. The van der Waals surface area contributed by atoms with Gasteiger partial charge in [-0.3, -0.25) is 15.0 Å². The van der Waals surface area contributed by atoms with Crippen LogP contribution in [0.2, 0.25) is 5.02 Å². The first-order valence-electron chi connectivity index (χ1n) is 12.8. The fraction of sp³-hybridized carbons (Fsp3) is 0.379. The van der Waals surface area contributed by atoms with Gasteiger partial charge < -0.3 is 14.8 Å². The van der Waals surface area contributed by atoms with Gasteiger partial charge in [-0.25, -0.2) is 9.59 Å². The fourth-order valence-electron chi connectivity index (χ4n) is 4.59. The molecule has 2 aromatic rings. The van der Waals surface area contributed by atoms with Crippen molar-refractivity contribution >= 4 is 29.2 Å². The molecule has 1 fully saturated rings. The van der Waals surface area contributed by atoms with Gasteiger partial charge in [-0.1, -0.05) is 35.9 Å². The van der Waals surface area contributed by atoms with Crippen molar-refractivity contribution in [2.45, 2.75) is 39.2 Å². The summed E-state index contributed by atoms with van der Waals surface area (Å²) in [4.78, 5) is 39.8. The van der Waals surface area contributed by atoms with E-state index in [1.807, 2.05) is 36.2 Å². The molecule has 1 aliphatic heterocycles. The number of esters is 2. The molecule has 1 unspecified atom stereocenters. The number of non-ortho nitro benzene ring substituents is 1. The molecule has 10 heteroatoms. The number of hydrogen-bond donors (Lipinski definition) is 1. The maximum atomic E-state index is 13.5. The van der Waals surface area contributed by atoms with Crippen molar-refractivity contribution in [2.75, 3.05) is 26.8 Å². The Balaban J connectivity index is 1.54. The van der Waals surface area contributed by atoms with Crippen LogP contribution in [0.5, 0.6) is 0 Å². The van der Waals surface area contributed by atoms with Crippen LogP contribution in [0.4, 0.5) is 5.69 Å². The minimum absolute atomic E-state index is 0.117. The van der Waals surface area contributed by atoms with E-state index in [1.54, 1.807) is 26.0 Å². The van der Waals surface area contributed by atoms with Gasteiger partial charge in [-0.15, -0.1) is 0 Å². The maximum absolute atomic E-state index is 13.5. The van der Waals surface area contributed by atoms with E-state index < -0.39 is 22.8 Å². The van der Waals surface area contributed by atoms with Crippen LogP contribution in [-0.4, -0.2) is 48.6 Å². The van der Waals surface area contributed by atoms with E-state index in [1.165, 1.54) is 12.1 Å². The standard InChI is InChI=1S/C29H32ClN3O6/c1-18-25(28(34)38-14-13-32(3)16-20-9-11-23(30)12-10-20)27(22-5-4-6-24(15-22)33(36)37)26(19(2)31-18)29(35)39-17-21-7-8-21/h4-6,9-12,15,21,27,31H,7-8,13-14,16-17H2,1-3H3. The van der Waals surface area contributed by atoms with Crippen molar-refractivity contribution in [3.8, 4) is 0 Å². The average Bonchev–Trinajstić information content (AvgIpc) is 3.73. The van der Waals surface area contributed by atoms with E-state index >= 15 is 0 Å². The Bertz CT molecular complexity index is 1320. The Hall–Kier alpha value is -3.69. The van der Waals surface area contributed by atoms with Gasteiger partial charge in [0.25, 0.3) is 5.69 Å². The molecule has 2 aliphatic rings. The number of nitrogens with one attached hydrogen (secondary N) is 1. The van der Waals surface area contributed by atoms with E-state index in [9.17, 15) is 19.7 Å². The minimum Gasteiger partial charge on any atom is -0.462 e. The predicted molar refractivity (Wildman–Crippen MR) is 147 cm³/mol. The van der Waals surface area contributed by atoms with Crippen LogP contribution in [0, 0.1) is 16.0 Å². The summed E-state index contributed by atoms with van der Waals surface area (Å²) >= 11 is 5.96. The summed E-state index contributed by atoms with van der Waals surface area (Å²) in [5, 5.41) is 15.3. The average molecular weight is 554 g/mol. The molecule has 1 saturated carbocycles. The SMILES string of the molecule is CC1=C(C(=O)OCCN(C)Cc2ccc(Cl)cc2)C(c2cccc([N+](=O)[O-])c2)C(C(=O)OCC2CC2)=C(C)N1. The normalized spacial score (nSPS) is 17.2. The molecule has 9 nitrogen and oxygen atoms in total. The first kappa shape index (κ1) is 28.3. The van der Waals surface area contributed by atoms with Crippen LogP contribution in [0.15, 0.2) is 71.1 Å². The summed E-state index contributed by atoms with van der Waals surface area (Å²) < 4.78 is 11.3. The van der Waals surface area contributed by atoms with E-state index in [0.717, 1.165) is 18.4 Å². The third-order valence-corrected chi connectivity index (χ3v) is 7.09. The summed E-state index contributed by atoms with van der Waals surface area (Å²) in [6.07, 6.45) is 2.03. The zero-order chi connectivity index (χ0) is 28.1. The number of rotatable bonds is 11. The summed E-state index contributed by atoms with van der Waals surface area (Å²) in [7, 11) is 1.92. The first-order valence-corrected chi connectivity index (χ1v) is 13.2. The molecular formula is C29H32ClN3O6. The number of dihydropyridines is 1. The summed E-state index contributed by atoms with van der Waals surface area (Å²) in [5.74, 6) is -1.67. The van der Waals surface area contributed by atoms with Crippen LogP contribution in [-0.2, 0) is 25.6 Å². The number of carbonyl (C=O) groups excluding carboxylic acids is 2. The number of hydrogen-bond acceptors (Lipinski definition) is 8. The molecule has 1 N–H and O–H groups in total. The quantitative estimate of drug-likeness (QED) is 0.232. The number of carbonyl (C=O) groups is 2. The lowest BCUT2D eigenvalue weighted by Crippen LogP contribution is -2.33. The molecule has 1 atom stereocenters. The highest BCUT2D eigenvalue weighted by Gasteiger charge is 2.39. The van der Waals surface area contributed by atoms with Crippen molar-refractivity contribution in [2.24, 2.45) is 5.92 Å². The van der Waals surface area contributed by atoms with Crippen molar-refractivity contribution in [1.82, 2.24) is 10.2 Å². The molecule has 1 heterocycles. The highest BCUT2D eigenvalue weighted by Crippen LogP contribution is 2.40. The van der Waals surface area contributed by atoms with E-state index in [4.69, 9.17) is 21.1 Å². The van der Waals surface area contributed by atoms with Gasteiger partial charge in [0.2, 0.25) is 0 Å². The van der Waals surface area contributed by atoms with Gasteiger partial charge in [0, 0.05) is 41.6 Å². The molecule has 0 spiro atoms. The molecule has 2 aromatic carbocycles. The second-order valence-corrected chi connectivity index (χ2v) is 10.5. The van der Waals surface area contributed by atoms with Crippen molar-refractivity contribution in [3.05, 3.63) is 97.3 Å². The molecule has 39 heavy (non-hydrogen) atoms. The van der Waals surface area contributed by atoms with Crippen LogP contribution in [0.25, 0.3) is 0 Å². The second kappa shape index (κ2) is 12.4. The maximum Gasteiger partial charge on any atom is 0.336 e. The van der Waals surface area contributed by atoms with Gasteiger partial charge in [-0.05, 0) is 62.9 Å². The number of benzene rings is 2. The first-order chi connectivity index (χ1) is 18.6. The lowest BCUT2D eigenvalue weighted by molar-refractivity contribution is -0.384. The van der Waals surface area contributed by atoms with Crippen molar-refractivity contribution in [1.29, 1.82) is 0 Å². The minimum atomic E-state index is -0.878. The van der Waals surface area contributed by atoms with Crippen molar-refractivity contribution in [3.63, 3.8) is 0 Å². The molecule has 0 saturated heterocycles. The lowest BCUT2D eigenvalue weighted by atomic mass is 9.80. The monoisotopic (exact) mass is 553 g/mol. The summed E-state index contributed by atoms with van der Waals surface area (Å²) in [5.41, 5.74) is 2.89. The van der Waals surface area contributed by atoms with Crippen LogP contribution in [0.3, 0.4) is 0 Å². The molecule has 0 bridgehead atoms. The van der Waals surface area contributed by atoms with Gasteiger partial charge in [0.1, 0.15) is 6.61 Å². The molecular weight excluding hydrogens is 522 g/mol. The molecule has 0 radical (unpaired) electrons. The number of nitrogens with zero attached hydrogens (tertiary/aromatic N) is 2. The van der Waals surface area contributed by atoms with Crippen LogP contribution in [0.1, 0.15) is 43.7 Å². The summed E-state index contributed by atoms with van der Waals surface area (Å²) in [6, 6.07) is 13.5. The van der Waals surface area contributed by atoms with E-state index in [2.05, 4.69) is 5.32 Å². The van der Waals surface area contributed by atoms with Gasteiger partial charge >= 0.3 is 11.9 Å². The lowest BCUT2D eigenvalue weighted by Gasteiger charge is -2.30. The highest BCUT2D eigenvalue weighted by molar-refractivity contribution is 6.30. The summed E-state index contributed by atoms with van der Waals surface area (Å²) in [6.45, 7) is 5.00. The number of ether oxygens (including phenoxy) is 2. The number of nitro benzene ring substituents is 1. The third kappa shape index (κ3) is 7.25. The zero-order valence-corrected chi connectivity index (χ0v) is 23.0. The number of nitro groups is 1. The van der Waals surface area contributed by atoms with Crippen LogP contribution >= 0.6 is 11.6 Å². The highest BCUT2D eigenvalue weighted by atomic mass is 35.5. The van der Waals surface area contributed by atoms with Gasteiger partial charge in [-0.2, -0.15) is 0 Å². The number of halogens is 1. The zero-order valence-electron chi connectivity index (χ0n) is 22.2. The second-order valence-electron chi connectivity index (χ2n) is 10.0.